The maximum absolute atomic E-state index is 12.9. The predicted octanol–water partition coefficient (Wildman–Crippen LogP) is 3.79. The lowest BCUT2D eigenvalue weighted by molar-refractivity contribution is 0.140. The van der Waals surface area contributed by atoms with Crippen LogP contribution in [0.2, 0.25) is 0 Å². The number of piperazine rings is 1. The summed E-state index contributed by atoms with van der Waals surface area (Å²) in [6, 6.07) is 19.2. The topological polar surface area (TPSA) is 84.8 Å². The van der Waals surface area contributed by atoms with E-state index in [4.69, 9.17) is 14.5 Å². The van der Waals surface area contributed by atoms with E-state index < -0.39 is 0 Å². The highest BCUT2D eigenvalue weighted by molar-refractivity contribution is 5.91. The van der Waals surface area contributed by atoms with Crippen LogP contribution < -0.4 is 14.8 Å². The van der Waals surface area contributed by atoms with Crippen molar-refractivity contribution in [3.05, 3.63) is 72.7 Å². The van der Waals surface area contributed by atoms with Gasteiger partial charge in [0.15, 0.2) is 5.65 Å². The van der Waals surface area contributed by atoms with Crippen molar-refractivity contribution in [2.24, 2.45) is 0 Å². The van der Waals surface area contributed by atoms with E-state index in [9.17, 15) is 4.79 Å². The first-order chi connectivity index (χ1) is 17.2. The number of amides is 2. The molecule has 0 radical (unpaired) electrons. The van der Waals surface area contributed by atoms with Gasteiger partial charge < -0.3 is 19.7 Å². The Morgan fingerprint density at radius 3 is 2.51 bits per heavy atom. The van der Waals surface area contributed by atoms with Gasteiger partial charge in [-0.05, 0) is 36.4 Å². The number of aromatic nitrogens is 3. The molecule has 0 aliphatic carbocycles. The number of carbonyl (C=O) groups is 1. The highest BCUT2D eigenvalue weighted by Gasteiger charge is 2.24. The Morgan fingerprint density at radius 2 is 1.77 bits per heavy atom. The van der Waals surface area contributed by atoms with Crippen molar-refractivity contribution in [1.29, 1.82) is 0 Å². The van der Waals surface area contributed by atoms with E-state index in [1.807, 2.05) is 35.2 Å². The number of ether oxygens (including phenoxy) is 2. The van der Waals surface area contributed by atoms with Crippen LogP contribution in [0.15, 0.2) is 66.9 Å². The molecule has 4 aromatic rings. The van der Waals surface area contributed by atoms with Crippen LogP contribution >= 0.6 is 0 Å². The quantitative estimate of drug-likeness (QED) is 0.460. The fourth-order valence-electron chi connectivity index (χ4n) is 4.32. The summed E-state index contributed by atoms with van der Waals surface area (Å²) in [6.07, 6.45) is 1.79. The fraction of sp³-hybridized carbons (Fsp3) is 0.269. The Bertz CT molecular complexity index is 1320. The van der Waals surface area contributed by atoms with Crippen LogP contribution in [0.3, 0.4) is 0 Å². The molecule has 1 N–H and O–H groups in total. The van der Waals surface area contributed by atoms with Crippen molar-refractivity contribution in [2.45, 2.75) is 6.54 Å². The van der Waals surface area contributed by atoms with E-state index >= 15 is 0 Å². The van der Waals surface area contributed by atoms with Crippen LogP contribution in [-0.2, 0) is 6.54 Å². The van der Waals surface area contributed by atoms with Gasteiger partial charge in [0, 0.05) is 44.1 Å². The number of nitrogens with zero attached hydrogens (tertiary/aromatic N) is 5. The number of hydrogen-bond acceptors (Lipinski definition) is 6. The van der Waals surface area contributed by atoms with Crippen molar-refractivity contribution >= 4 is 22.9 Å². The lowest BCUT2D eigenvalue weighted by Crippen LogP contribution is -2.49. The second-order valence-electron chi connectivity index (χ2n) is 8.30. The number of hydrogen-bond donors (Lipinski definition) is 1. The summed E-state index contributed by atoms with van der Waals surface area (Å²) in [5.41, 5.74) is 3.37. The maximum Gasteiger partial charge on any atom is 0.322 e. The molecule has 1 saturated heterocycles. The number of imidazole rings is 1. The summed E-state index contributed by atoms with van der Waals surface area (Å²) in [6.45, 7) is 3.41. The van der Waals surface area contributed by atoms with E-state index in [1.165, 1.54) is 0 Å². The molecule has 2 aromatic heterocycles. The molecule has 35 heavy (non-hydrogen) atoms. The van der Waals surface area contributed by atoms with Gasteiger partial charge in [-0.15, -0.1) is 0 Å². The van der Waals surface area contributed by atoms with Gasteiger partial charge in [-0.3, -0.25) is 9.47 Å². The summed E-state index contributed by atoms with van der Waals surface area (Å²) in [5.74, 6) is 2.17. The smallest absolute Gasteiger partial charge is 0.322 e. The molecule has 2 aromatic carbocycles. The minimum absolute atomic E-state index is 0.145. The molecule has 3 heterocycles. The third-order valence-electron chi connectivity index (χ3n) is 6.17. The van der Waals surface area contributed by atoms with Crippen LogP contribution in [0, 0.1) is 0 Å². The van der Waals surface area contributed by atoms with Crippen molar-refractivity contribution in [2.75, 3.05) is 45.7 Å². The highest BCUT2D eigenvalue weighted by atomic mass is 16.5. The van der Waals surface area contributed by atoms with Crippen LogP contribution in [0.1, 0.15) is 5.82 Å². The largest absolute Gasteiger partial charge is 0.497 e. The van der Waals surface area contributed by atoms with Gasteiger partial charge in [0.1, 0.15) is 22.8 Å². The minimum Gasteiger partial charge on any atom is -0.497 e. The van der Waals surface area contributed by atoms with Gasteiger partial charge >= 0.3 is 6.03 Å². The second-order valence-corrected chi connectivity index (χ2v) is 8.30. The van der Waals surface area contributed by atoms with Gasteiger partial charge in [-0.25, -0.2) is 14.8 Å². The molecule has 0 spiro atoms. The van der Waals surface area contributed by atoms with Crippen molar-refractivity contribution in [3.63, 3.8) is 0 Å². The molecule has 180 valence electrons. The SMILES string of the molecule is COc1ccc(NC(=O)N2CCN(Cc3nc4cccnc4n3-c3ccccc3)CC2)c(OC)c1. The molecule has 9 nitrogen and oxygen atoms in total. The first kappa shape index (κ1) is 22.7. The number of carbonyl (C=O) groups excluding carboxylic acids is 1. The molecular weight excluding hydrogens is 444 g/mol. The number of fused-ring (bicyclic) bond motifs is 1. The Kier molecular flexibility index (Phi) is 6.49. The van der Waals surface area contributed by atoms with Crippen molar-refractivity contribution in [3.8, 4) is 17.2 Å². The molecule has 1 aliphatic rings. The van der Waals surface area contributed by atoms with Crippen molar-refractivity contribution in [1.82, 2.24) is 24.3 Å². The van der Waals surface area contributed by atoms with Crippen LogP contribution in [0.25, 0.3) is 16.9 Å². The summed E-state index contributed by atoms with van der Waals surface area (Å²) in [7, 11) is 3.17. The molecule has 1 fully saturated rings. The lowest BCUT2D eigenvalue weighted by atomic mass is 10.2. The maximum atomic E-state index is 12.9. The monoisotopic (exact) mass is 472 g/mol. The van der Waals surface area contributed by atoms with Gasteiger partial charge in [-0.1, -0.05) is 18.2 Å². The molecule has 0 unspecified atom stereocenters. The van der Waals surface area contributed by atoms with E-state index in [0.29, 0.717) is 36.8 Å². The Balaban J connectivity index is 1.26. The molecule has 9 heteroatoms. The van der Waals surface area contributed by atoms with Gasteiger partial charge in [0.05, 0.1) is 26.5 Å². The first-order valence-electron chi connectivity index (χ1n) is 11.5. The third kappa shape index (κ3) is 4.76. The molecule has 5 rings (SSSR count). The zero-order chi connectivity index (χ0) is 24.2. The number of rotatable bonds is 6. The first-order valence-corrected chi connectivity index (χ1v) is 11.5. The Hall–Kier alpha value is -4.11. The van der Waals surface area contributed by atoms with Gasteiger partial charge in [0.2, 0.25) is 0 Å². The summed E-state index contributed by atoms with van der Waals surface area (Å²) < 4.78 is 12.7. The predicted molar refractivity (Wildman–Crippen MR) is 134 cm³/mol. The number of pyridine rings is 1. The van der Waals surface area contributed by atoms with Crippen LogP contribution in [-0.4, -0.2) is 70.8 Å². The minimum atomic E-state index is -0.145. The summed E-state index contributed by atoms with van der Waals surface area (Å²) in [4.78, 5) is 26.5. The molecule has 0 bridgehead atoms. The number of para-hydroxylation sites is 1. The normalized spacial score (nSPS) is 14.2. The van der Waals surface area contributed by atoms with E-state index in [1.54, 1.807) is 38.6 Å². The molecule has 2 amide bonds. The third-order valence-corrected chi connectivity index (χ3v) is 6.17. The number of methoxy groups -OCH3 is 2. The van der Waals surface area contributed by atoms with E-state index in [0.717, 1.165) is 35.8 Å². The van der Waals surface area contributed by atoms with E-state index in [-0.39, 0.29) is 6.03 Å². The van der Waals surface area contributed by atoms with Crippen LogP contribution in [0.5, 0.6) is 11.5 Å². The summed E-state index contributed by atoms with van der Waals surface area (Å²) >= 11 is 0. The van der Waals surface area contributed by atoms with Crippen molar-refractivity contribution < 1.29 is 14.3 Å². The Morgan fingerprint density at radius 1 is 0.971 bits per heavy atom. The van der Waals surface area contributed by atoms with Gasteiger partial charge in [0.25, 0.3) is 0 Å². The molecule has 1 aliphatic heterocycles. The molecule has 0 atom stereocenters. The molecule has 0 saturated carbocycles. The molecular formula is C26H28N6O3. The average molecular weight is 473 g/mol. The second kappa shape index (κ2) is 10.0. The average Bonchev–Trinajstić information content (AvgIpc) is 3.27. The zero-order valence-electron chi connectivity index (χ0n) is 19.8. The fourth-order valence-corrected chi connectivity index (χ4v) is 4.32. The number of anilines is 1. The zero-order valence-corrected chi connectivity index (χ0v) is 19.8. The van der Waals surface area contributed by atoms with Crippen LogP contribution in [0.4, 0.5) is 10.5 Å². The van der Waals surface area contributed by atoms with Gasteiger partial charge in [-0.2, -0.15) is 0 Å². The lowest BCUT2D eigenvalue weighted by Gasteiger charge is -2.34. The number of benzene rings is 2. The standard InChI is InChI=1S/C26H28N6O3/c1-34-20-10-11-21(23(17-20)35-2)29-26(33)31-15-13-30(14-16-31)18-24-28-22-9-6-12-27-25(22)32(24)19-7-4-3-5-8-19/h3-12,17H,13-16,18H2,1-2H3,(H,29,33). The number of nitrogens with one attached hydrogen (secondary N) is 1. The Labute approximate surface area is 203 Å². The summed E-state index contributed by atoms with van der Waals surface area (Å²) in [5, 5.41) is 2.96. The van der Waals surface area contributed by atoms with E-state index in [2.05, 4.69) is 31.9 Å². The highest BCUT2D eigenvalue weighted by Crippen LogP contribution is 2.29. The number of urea groups is 1.